The predicted molar refractivity (Wildman–Crippen MR) is 82.2 cm³/mol. The lowest BCUT2D eigenvalue weighted by atomic mass is 9.83. The van der Waals surface area contributed by atoms with Crippen LogP contribution in [0.5, 0.6) is 0 Å². The van der Waals surface area contributed by atoms with Crippen LogP contribution >= 0.6 is 0 Å². The lowest BCUT2D eigenvalue weighted by molar-refractivity contribution is 0.303. The molecule has 0 amide bonds. The number of hydrogen-bond donors (Lipinski definition) is 2. The van der Waals surface area contributed by atoms with Gasteiger partial charge in [0.25, 0.3) is 0 Å². The van der Waals surface area contributed by atoms with Gasteiger partial charge in [-0.1, -0.05) is 26.2 Å². The monoisotopic (exact) mass is 273 g/mol. The highest BCUT2D eigenvalue weighted by molar-refractivity contribution is 5.65. The first-order valence-electron chi connectivity index (χ1n) is 7.68. The van der Waals surface area contributed by atoms with Gasteiger partial charge in [-0.2, -0.15) is 0 Å². The summed E-state index contributed by atoms with van der Waals surface area (Å²) in [5.41, 5.74) is 0.903. The van der Waals surface area contributed by atoms with Crippen LogP contribution in [0.15, 0.2) is 18.6 Å². The SMILES string of the molecule is CCCNc1cn2ccnc2c(NCCC2CCC2)n1. The summed E-state index contributed by atoms with van der Waals surface area (Å²) in [5, 5.41) is 6.79. The Labute approximate surface area is 119 Å². The van der Waals surface area contributed by atoms with Gasteiger partial charge >= 0.3 is 0 Å². The van der Waals surface area contributed by atoms with Crippen molar-refractivity contribution in [3.63, 3.8) is 0 Å². The zero-order chi connectivity index (χ0) is 13.8. The van der Waals surface area contributed by atoms with Crippen LogP contribution in [0, 0.1) is 5.92 Å². The van der Waals surface area contributed by atoms with E-state index in [1.165, 1.54) is 25.7 Å². The van der Waals surface area contributed by atoms with Gasteiger partial charge in [0.05, 0.1) is 6.20 Å². The fourth-order valence-corrected chi connectivity index (χ4v) is 2.56. The number of fused-ring (bicyclic) bond motifs is 1. The molecule has 2 N–H and O–H groups in total. The summed E-state index contributed by atoms with van der Waals surface area (Å²) in [4.78, 5) is 9.03. The van der Waals surface area contributed by atoms with Crippen LogP contribution in [0.4, 0.5) is 11.6 Å². The third-order valence-corrected chi connectivity index (χ3v) is 4.00. The number of rotatable bonds is 7. The second kappa shape index (κ2) is 6.11. The second-order valence-corrected chi connectivity index (χ2v) is 5.57. The third kappa shape index (κ3) is 2.86. The first kappa shape index (κ1) is 13.2. The summed E-state index contributed by atoms with van der Waals surface area (Å²) >= 11 is 0. The molecule has 2 heterocycles. The molecule has 20 heavy (non-hydrogen) atoms. The molecule has 1 saturated carbocycles. The highest BCUT2D eigenvalue weighted by Crippen LogP contribution is 2.29. The molecule has 5 nitrogen and oxygen atoms in total. The Bertz CT molecular complexity index is 558. The molecular formula is C15H23N5. The van der Waals surface area contributed by atoms with E-state index in [0.717, 1.165) is 42.7 Å². The molecule has 0 aliphatic heterocycles. The Kier molecular flexibility index (Phi) is 4.04. The molecule has 0 saturated heterocycles. The van der Waals surface area contributed by atoms with Gasteiger partial charge in [0.15, 0.2) is 11.5 Å². The minimum absolute atomic E-state index is 0.885. The number of imidazole rings is 1. The van der Waals surface area contributed by atoms with Crippen LogP contribution in [0.2, 0.25) is 0 Å². The van der Waals surface area contributed by atoms with Crippen molar-refractivity contribution in [2.24, 2.45) is 5.92 Å². The Balaban J connectivity index is 1.70. The van der Waals surface area contributed by atoms with Crippen molar-refractivity contribution in [3.8, 4) is 0 Å². The predicted octanol–water partition coefficient (Wildman–Crippen LogP) is 3.15. The van der Waals surface area contributed by atoms with Gasteiger partial charge in [-0.25, -0.2) is 9.97 Å². The highest BCUT2D eigenvalue weighted by atomic mass is 15.1. The summed E-state index contributed by atoms with van der Waals surface area (Å²) in [5.74, 6) is 2.71. The molecule has 0 atom stereocenters. The first-order valence-corrected chi connectivity index (χ1v) is 7.68. The van der Waals surface area contributed by atoms with Crippen LogP contribution in [-0.4, -0.2) is 27.5 Å². The quantitative estimate of drug-likeness (QED) is 0.813. The summed E-state index contributed by atoms with van der Waals surface area (Å²) in [7, 11) is 0. The van der Waals surface area contributed by atoms with Crippen LogP contribution in [0.3, 0.4) is 0 Å². The number of anilines is 2. The van der Waals surface area contributed by atoms with E-state index in [0.29, 0.717) is 0 Å². The van der Waals surface area contributed by atoms with Gasteiger partial charge in [-0.3, -0.25) is 0 Å². The summed E-state index contributed by atoms with van der Waals surface area (Å²) < 4.78 is 2.02. The van der Waals surface area contributed by atoms with E-state index >= 15 is 0 Å². The lowest BCUT2D eigenvalue weighted by Crippen LogP contribution is -2.16. The maximum atomic E-state index is 4.65. The standard InChI is InChI=1S/C15H23N5/c1-2-7-16-13-11-20-10-9-18-15(20)14(19-13)17-8-6-12-4-3-5-12/h9-12,16H,2-8H2,1H3,(H,17,19). The van der Waals surface area contributed by atoms with Crippen molar-refractivity contribution in [1.29, 1.82) is 0 Å². The maximum Gasteiger partial charge on any atom is 0.180 e. The van der Waals surface area contributed by atoms with Crippen molar-refractivity contribution in [1.82, 2.24) is 14.4 Å². The van der Waals surface area contributed by atoms with Crippen LogP contribution in [0.1, 0.15) is 39.0 Å². The molecule has 1 fully saturated rings. The molecule has 0 spiro atoms. The van der Waals surface area contributed by atoms with Gasteiger partial charge in [-0.05, 0) is 18.8 Å². The maximum absolute atomic E-state index is 4.65. The molecule has 0 aromatic carbocycles. The number of nitrogens with zero attached hydrogens (tertiary/aromatic N) is 3. The van der Waals surface area contributed by atoms with E-state index < -0.39 is 0 Å². The average Bonchev–Trinajstić information content (AvgIpc) is 2.87. The molecule has 2 aromatic heterocycles. The van der Waals surface area contributed by atoms with E-state index in [2.05, 4.69) is 27.5 Å². The fourth-order valence-electron chi connectivity index (χ4n) is 2.56. The first-order chi connectivity index (χ1) is 9.86. The third-order valence-electron chi connectivity index (χ3n) is 4.00. The summed E-state index contributed by atoms with van der Waals surface area (Å²) in [6.45, 7) is 4.08. The molecule has 3 rings (SSSR count). The van der Waals surface area contributed by atoms with Crippen molar-refractivity contribution >= 4 is 17.3 Å². The van der Waals surface area contributed by atoms with E-state index in [1.54, 1.807) is 0 Å². The summed E-state index contributed by atoms with van der Waals surface area (Å²) in [6, 6.07) is 0. The zero-order valence-corrected chi connectivity index (χ0v) is 12.1. The zero-order valence-electron chi connectivity index (χ0n) is 12.1. The van der Waals surface area contributed by atoms with E-state index in [1.807, 2.05) is 23.0 Å². The minimum atomic E-state index is 0.885. The van der Waals surface area contributed by atoms with Crippen molar-refractivity contribution in [2.45, 2.75) is 39.0 Å². The average molecular weight is 273 g/mol. The largest absolute Gasteiger partial charge is 0.369 e. The van der Waals surface area contributed by atoms with Gasteiger partial charge in [0.1, 0.15) is 5.82 Å². The van der Waals surface area contributed by atoms with Crippen molar-refractivity contribution < 1.29 is 0 Å². The van der Waals surface area contributed by atoms with Crippen molar-refractivity contribution in [2.75, 3.05) is 23.7 Å². The molecule has 5 heteroatoms. The smallest absolute Gasteiger partial charge is 0.180 e. The molecule has 0 bridgehead atoms. The molecule has 108 valence electrons. The van der Waals surface area contributed by atoms with Gasteiger partial charge in [0.2, 0.25) is 0 Å². The Hall–Kier alpha value is -1.78. The van der Waals surface area contributed by atoms with E-state index in [-0.39, 0.29) is 0 Å². The Morgan fingerprint density at radius 1 is 1.30 bits per heavy atom. The molecule has 0 unspecified atom stereocenters. The van der Waals surface area contributed by atoms with Crippen molar-refractivity contribution in [3.05, 3.63) is 18.6 Å². The van der Waals surface area contributed by atoms with E-state index in [9.17, 15) is 0 Å². The number of aromatic nitrogens is 3. The fraction of sp³-hybridized carbons (Fsp3) is 0.600. The second-order valence-electron chi connectivity index (χ2n) is 5.57. The molecule has 1 aliphatic carbocycles. The molecule has 2 aromatic rings. The topological polar surface area (TPSA) is 54.2 Å². The lowest BCUT2D eigenvalue weighted by Gasteiger charge is -2.25. The Morgan fingerprint density at radius 3 is 2.95 bits per heavy atom. The molecule has 1 aliphatic rings. The van der Waals surface area contributed by atoms with Gasteiger partial charge in [-0.15, -0.1) is 0 Å². The van der Waals surface area contributed by atoms with Crippen LogP contribution in [0.25, 0.3) is 5.65 Å². The number of nitrogens with one attached hydrogen (secondary N) is 2. The minimum Gasteiger partial charge on any atom is -0.369 e. The van der Waals surface area contributed by atoms with Crippen LogP contribution in [-0.2, 0) is 0 Å². The van der Waals surface area contributed by atoms with Gasteiger partial charge in [0, 0.05) is 25.5 Å². The Morgan fingerprint density at radius 2 is 2.20 bits per heavy atom. The normalized spacial score (nSPS) is 15.2. The van der Waals surface area contributed by atoms with Gasteiger partial charge < -0.3 is 15.0 Å². The molecular weight excluding hydrogens is 250 g/mol. The molecule has 0 radical (unpaired) electrons. The van der Waals surface area contributed by atoms with Crippen LogP contribution < -0.4 is 10.6 Å². The number of hydrogen-bond acceptors (Lipinski definition) is 4. The van der Waals surface area contributed by atoms with E-state index in [4.69, 9.17) is 0 Å². The highest BCUT2D eigenvalue weighted by Gasteiger charge is 2.17. The summed E-state index contributed by atoms with van der Waals surface area (Å²) in [6.07, 6.45) is 12.3.